The van der Waals surface area contributed by atoms with Crippen molar-refractivity contribution in [2.75, 3.05) is 39.6 Å². The van der Waals surface area contributed by atoms with Crippen LogP contribution in [-0.2, 0) is 9.53 Å². The van der Waals surface area contributed by atoms with Gasteiger partial charge in [0, 0.05) is 24.3 Å². The summed E-state index contributed by atoms with van der Waals surface area (Å²) >= 11 is 1.75. The summed E-state index contributed by atoms with van der Waals surface area (Å²) in [7, 11) is 3.32. The third-order valence-electron chi connectivity index (χ3n) is 4.42. The fourth-order valence-corrected chi connectivity index (χ4v) is 3.86. The van der Waals surface area contributed by atoms with E-state index in [9.17, 15) is 4.79 Å². The Kier molecular flexibility index (Phi) is 9.64. The van der Waals surface area contributed by atoms with Gasteiger partial charge < -0.3 is 20.1 Å². The second-order valence-electron chi connectivity index (χ2n) is 6.23. The minimum absolute atomic E-state index is 0. The fraction of sp³-hybridized carbons (Fsp3) is 0.611. The normalized spacial score (nSPS) is 17.2. The lowest BCUT2D eigenvalue weighted by Crippen LogP contribution is -2.54. The third kappa shape index (κ3) is 6.06. The lowest BCUT2D eigenvalue weighted by Gasteiger charge is -2.35. The van der Waals surface area contributed by atoms with Crippen molar-refractivity contribution in [3.63, 3.8) is 0 Å². The summed E-state index contributed by atoms with van der Waals surface area (Å²) in [6, 6.07) is 8.00. The second kappa shape index (κ2) is 10.9. The Morgan fingerprint density at radius 3 is 2.64 bits per heavy atom. The van der Waals surface area contributed by atoms with Crippen LogP contribution in [0, 0.1) is 5.92 Å². The van der Waals surface area contributed by atoms with Crippen LogP contribution in [0.4, 0.5) is 0 Å². The van der Waals surface area contributed by atoms with Gasteiger partial charge >= 0.3 is 0 Å². The van der Waals surface area contributed by atoms with Crippen molar-refractivity contribution in [1.29, 1.82) is 0 Å². The smallest absolute Gasteiger partial charge is 0.252 e. The molecule has 0 aromatic heterocycles. The molecule has 1 amide bonds. The predicted octanol–water partition coefficient (Wildman–Crippen LogP) is 2.73. The van der Waals surface area contributed by atoms with Crippen molar-refractivity contribution in [3.05, 3.63) is 24.3 Å². The van der Waals surface area contributed by atoms with Crippen molar-refractivity contribution >= 4 is 30.1 Å². The van der Waals surface area contributed by atoms with Gasteiger partial charge in [0.25, 0.3) is 5.91 Å². The van der Waals surface area contributed by atoms with E-state index in [-0.39, 0.29) is 18.3 Å². The number of hydrogen-bond donors (Lipinski definition) is 2. The average Bonchev–Trinajstić information content (AvgIpc) is 2.65. The molecule has 2 N–H and O–H groups in total. The fourth-order valence-electron chi connectivity index (χ4n) is 2.81. The van der Waals surface area contributed by atoms with E-state index in [2.05, 4.69) is 23.6 Å². The molecule has 1 aromatic carbocycles. The van der Waals surface area contributed by atoms with Crippen LogP contribution in [0.3, 0.4) is 0 Å². The van der Waals surface area contributed by atoms with E-state index in [0.29, 0.717) is 12.5 Å². The monoisotopic (exact) mass is 388 g/mol. The summed E-state index contributed by atoms with van der Waals surface area (Å²) in [6.45, 7) is 4.44. The molecule has 1 aliphatic rings. The van der Waals surface area contributed by atoms with E-state index in [1.54, 1.807) is 26.0 Å². The second-order valence-corrected chi connectivity index (χ2v) is 7.29. The van der Waals surface area contributed by atoms with E-state index in [1.165, 1.54) is 0 Å². The van der Waals surface area contributed by atoms with Crippen molar-refractivity contribution < 1.29 is 14.3 Å². The highest BCUT2D eigenvalue weighted by Crippen LogP contribution is 2.30. The molecule has 0 saturated carbocycles. The van der Waals surface area contributed by atoms with Crippen molar-refractivity contribution in [2.24, 2.45) is 5.92 Å². The molecule has 142 valence electrons. The molecule has 1 aromatic rings. The summed E-state index contributed by atoms with van der Waals surface area (Å²) in [5.74, 6) is 2.19. The van der Waals surface area contributed by atoms with Gasteiger partial charge in [-0.15, -0.1) is 24.2 Å². The minimum atomic E-state index is -0.666. The number of para-hydroxylation sites is 1. The molecule has 7 heteroatoms. The summed E-state index contributed by atoms with van der Waals surface area (Å²) in [5.41, 5.74) is -0.666. The van der Waals surface area contributed by atoms with Gasteiger partial charge in [0.15, 0.2) is 0 Å². The first kappa shape index (κ1) is 22.1. The lowest BCUT2D eigenvalue weighted by atomic mass is 9.91. The summed E-state index contributed by atoms with van der Waals surface area (Å²) in [4.78, 5) is 13.7. The van der Waals surface area contributed by atoms with E-state index in [1.807, 2.05) is 18.2 Å². The highest BCUT2D eigenvalue weighted by atomic mass is 35.5. The van der Waals surface area contributed by atoms with Crippen LogP contribution in [-0.4, -0.2) is 51.1 Å². The van der Waals surface area contributed by atoms with Gasteiger partial charge in [0.1, 0.15) is 11.4 Å². The van der Waals surface area contributed by atoms with Crippen molar-refractivity contribution in [2.45, 2.75) is 30.3 Å². The van der Waals surface area contributed by atoms with Crippen molar-refractivity contribution in [3.8, 4) is 5.75 Å². The number of methoxy groups -OCH3 is 2. The Balaban J connectivity index is 0.00000312. The van der Waals surface area contributed by atoms with Gasteiger partial charge in [0.2, 0.25) is 0 Å². The van der Waals surface area contributed by atoms with Gasteiger partial charge in [-0.2, -0.15) is 0 Å². The van der Waals surface area contributed by atoms with Crippen molar-refractivity contribution in [1.82, 2.24) is 10.6 Å². The molecule has 2 rings (SSSR count). The maximum absolute atomic E-state index is 12.5. The summed E-state index contributed by atoms with van der Waals surface area (Å²) in [5, 5.41) is 6.34. The molecule has 1 saturated heterocycles. The van der Waals surface area contributed by atoms with Crippen LogP contribution < -0.4 is 15.4 Å². The number of rotatable bonds is 8. The first-order valence-corrected chi connectivity index (χ1v) is 9.40. The van der Waals surface area contributed by atoms with Crippen LogP contribution in [0.15, 0.2) is 29.2 Å². The molecule has 5 nitrogen and oxygen atoms in total. The van der Waals surface area contributed by atoms with Crippen LogP contribution in [0.25, 0.3) is 0 Å². The molecule has 1 unspecified atom stereocenters. The van der Waals surface area contributed by atoms with E-state index < -0.39 is 5.60 Å². The molecule has 0 radical (unpaired) electrons. The topological polar surface area (TPSA) is 59.6 Å². The number of benzene rings is 1. The van der Waals surface area contributed by atoms with Crippen LogP contribution >= 0.6 is 24.2 Å². The van der Waals surface area contributed by atoms with Gasteiger partial charge in [-0.1, -0.05) is 19.1 Å². The third-order valence-corrected chi connectivity index (χ3v) is 5.80. The quantitative estimate of drug-likeness (QED) is 0.670. The highest BCUT2D eigenvalue weighted by molar-refractivity contribution is 7.99. The zero-order chi connectivity index (χ0) is 17.4. The zero-order valence-electron chi connectivity index (χ0n) is 15.2. The molecule has 1 heterocycles. The Hall–Kier alpha value is -0.950. The Labute approximate surface area is 161 Å². The first-order chi connectivity index (χ1) is 11.6. The Bertz CT molecular complexity index is 539. The maximum atomic E-state index is 12.5. The number of thioether (sulfide) groups is 1. The van der Waals surface area contributed by atoms with E-state index in [4.69, 9.17) is 9.47 Å². The number of halogens is 1. The van der Waals surface area contributed by atoms with Gasteiger partial charge in [-0.3, -0.25) is 4.79 Å². The number of piperidine rings is 1. The van der Waals surface area contributed by atoms with E-state index >= 15 is 0 Å². The SMILES string of the molecule is COc1ccccc1SCC(C)CNC(=O)C1(OC)CCNCC1.Cl. The molecule has 0 spiro atoms. The van der Waals surface area contributed by atoms with Gasteiger partial charge in [-0.25, -0.2) is 0 Å². The maximum Gasteiger partial charge on any atom is 0.252 e. The molecule has 25 heavy (non-hydrogen) atoms. The molecule has 1 aliphatic heterocycles. The first-order valence-electron chi connectivity index (χ1n) is 8.41. The van der Waals surface area contributed by atoms with Gasteiger partial charge in [0.05, 0.1) is 7.11 Å². The minimum Gasteiger partial charge on any atom is -0.496 e. The largest absolute Gasteiger partial charge is 0.496 e. The van der Waals surface area contributed by atoms with Gasteiger partial charge in [-0.05, 0) is 44.0 Å². The predicted molar refractivity (Wildman–Crippen MR) is 105 cm³/mol. The highest BCUT2D eigenvalue weighted by Gasteiger charge is 2.39. The number of carbonyl (C=O) groups excluding carboxylic acids is 1. The molecule has 0 bridgehead atoms. The molecule has 0 aliphatic carbocycles. The zero-order valence-corrected chi connectivity index (χ0v) is 16.8. The van der Waals surface area contributed by atoms with Crippen LogP contribution in [0.2, 0.25) is 0 Å². The number of nitrogens with one attached hydrogen (secondary N) is 2. The average molecular weight is 389 g/mol. The summed E-state index contributed by atoms with van der Waals surface area (Å²) in [6.07, 6.45) is 1.44. The van der Waals surface area contributed by atoms with Crippen LogP contribution in [0.1, 0.15) is 19.8 Å². The number of ether oxygens (including phenoxy) is 2. The van der Waals surface area contributed by atoms with Crippen LogP contribution in [0.5, 0.6) is 5.75 Å². The Morgan fingerprint density at radius 2 is 2.00 bits per heavy atom. The standard InChI is InChI=1S/C18H28N2O3S.ClH/c1-14(13-24-16-7-5-4-6-15(16)22-2)12-20-17(21)18(23-3)8-10-19-11-9-18;/h4-7,14,19H,8-13H2,1-3H3,(H,20,21);1H. The Morgan fingerprint density at radius 1 is 1.32 bits per heavy atom. The summed E-state index contributed by atoms with van der Waals surface area (Å²) < 4.78 is 10.9. The molecular formula is C18H29ClN2O3S. The molecular weight excluding hydrogens is 360 g/mol. The molecule has 1 atom stereocenters. The number of hydrogen-bond acceptors (Lipinski definition) is 5. The number of carbonyl (C=O) groups is 1. The number of amides is 1. The lowest BCUT2D eigenvalue weighted by molar-refractivity contribution is -0.146. The molecule has 1 fully saturated rings. The van der Waals surface area contributed by atoms with E-state index in [0.717, 1.165) is 42.3 Å².